The Hall–Kier alpha value is -0.460. The number of hydrogen-bond donors (Lipinski definition) is 0. The topological polar surface area (TPSA) is 16.2 Å². The van der Waals surface area contributed by atoms with Gasteiger partial charge >= 0.3 is 0 Å². The Labute approximate surface area is 207 Å². The molecule has 1 saturated carbocycles. The summed E-state index contributed by atoms with van der Waals surface area (Å²) in [6.45, 7) is 19.6. The maximum absolute atomic E-state index is 2.46. The molecule has 0 aromatic heterocycles. The number of fused-ring (bicyclic) bond motifs is 1. The number of likely N-dealkylation sites (N-methyl/N-ethyl adjacent to an activating group) is 3. The van der Waals surface area contributed by atoms with E-state index < -0.39 is 0 Å². The van der Waals surface area contributed by atoms with E-state index in [2.05, 4.69) is 86.6 Å². The van der Waals surface area contributed by atoms with Crippen LogP contribution in [0.25, 0.3) is 0 Å². The van der Waals surface area contributed by atoms with Crippen molar-refractivity contribution in [2.45, 2.75) is 52.9 Å². The monoisotopic (exact) mass is 463 g/mol. The van der Waals surface area contributed by atoms with Crippen LogP contribution in [0.3, 0.4) is 0 Å². The molecule has 0 aromatic rings. The van der Waals surface area contributed by atoms with Crippen LogP contribution in [-0.2, 0) is 0 Å². The SMILES string of the molecule is CC1=CCN(C)CC1.CC1CCN(C)CC1.CN1CCN(C)CC1.CN1CC[C@@]2(C)CC2C1. The van der Waals surface area contributed by atoms with E-state index in [4.69, 9.17) is 0 Å². The zero-order chi connectivity index (χ0) is 24.4. The van der Waals surface area contributed by atoms with E-state index in [0.29, 0.717) is 0 Å². The summed E-state index contributed by atoms with van der Waals surface area (Å²) in [6, 6.07) is 0. The first-order valence-electron chi connectivity index (χ1n) is 13.7. The fourth-order valence-corrected chi connectivity index (χ4v) is 4.93. The molecule has 0 aromatic carbocycles. The predicted octanol–water partition coefficient (Wildman–Crippen LogP) is 3.83. The Morgan fingerprint density at radius 2 is 1.27 bits per heavy atom. The first-order chi connectivity index (χ1) is 15.6. The van der Waals surface area contributed by atoms with Crippen molar-refractivity contribution in [3.05, 3.63) is 11.6 Å². The lowest BCUT2D eigenvalue weighted by Crippen LogP contribution is -2.42. The third kappa shape index (κ3) is 11.7. The highest BCUT2D eigenvalue weighted by Crippen LogP contribution is 2.57. The minimum Gasteiger partial charge on any atom is -0.306 e. The minimum atomic E-state index is 0.784. The molecule has 5 nitrogen and oxygen atoms in total. The Bertz CT molecular complexity index is 523. The minimum absolute atomic E-state index is 0.784. The molecule has 4 aliphatic heterocycles. The second kappa shape index (κ2) is 14.2. The maximum Gasteiger partial charge on any atom is 0.0162 e. The highest BCUT2D eigenvalue weighted by molar-refractivity contribution is 5.03. The van der Waals surface area contributed by atoms with Crippen LogP contribution in [0.4, 0.5) is 0 Å². The van der Waals surface area contributed by atoms with Gasteiger partial charge in [0, 0.05) is 45.8 Å². The summed E-state index contributed by atoms with van der Waals surface area (Å²) in [5, 5.41) is 0. The summed E-state index contributed by atoms with van der Waals surface area (Å²) in [4.78, 5) is 11.9. The number of nitrogens with zero attached hydrogens (tertiary/aromatic N) is 5. The van der Waals surface area contributed by atoms with Gasteiger partial charge in [0.2, 0.25) is 0 Å². The average molecular weight is 464 g/mol. The Morgan fingerprint density at radius 3 is 1.67 bits per heavy atom. The van der Waals surface area contributed by atoms with Gasteiger partial charge in [-0.2, -0.15) is 0 Å². The summed E-state index contributed by atoms with van der Waals surface area (Å²) in [6.07, 6.45) is 9.29. The molecule has 0 spiro atoms. The van der Waals surface area contributed by atoms with Crippen molar-refractivity contribution in [2.24, 2.45) is 17.3 Å². The molecular weight excluding hydrogens is 406 g/mol. The van der Waals surface area contributed by atoms with Crippen LogP contribution in [0.15, 0.2) is 11.6 Å². The lowest BCUT2D eigenvalue weighted by molar-refractivity contribution is 0.181. The third-order valence-electron chi connectivity index (χ3n) is 8.51. The van der Waals surface area contributed by atoms with Crippen molar-refractivity contribution in [3.8, 4) is 0 Å². The number of piperazine rings is 1. The lowest BCUT2D eigenvalue weighted by Gasteiger charge is -2.28. The quantitative estimate of drug-likeness (QED) is 0.506. The second-order valence-corrected chi connectivity index (χ2v) is 12.2. The van der Waals surface area contributed by atoms with Crippen molar-refractivity contribution in [3.63, 3.8) is 0 Å². The summed E-state index contributed by atoms with van der Waals surface area (Å²) >= 11 is 0. The van der Waals surface area contributed by atoms with E-state index in [-0.39, 0.29) is 0 Å². The van der Waals surface area contributed by atoms with Crippen molar-refractivity contribution in [2.75, 3.05) is 101 Å². The molecule has 5 heteroatoms. The van der Waals surface area contributed by atoms with Gasteiger partial charge in [0.05, 0.1) is 0 Å². The highest BCUT2D eigenvalue weighted by atomic mass is 15.2. The average Bonchev–Trinajstić information content (AvgIpc) is 3.46. The van der Waals surface area contributed by atoms with Crippen LogP contribution in [0.5, 0.6) is 0 Å². The predicted molar refractivity (Wildman–Crippen MR) is 145 cm³/mol. The van der Waals surface area contributed by atoms with Gasteiger partial charge in [-0.15, -0.1) is 0 Å². The van der Waals surface area contributed by atoms with E-state index in [0.717, 1.165) is 23.8 Å². The molecule has 0 bridgehead atoms. The van der Waals surface area contributed by atoms with Gasteiger partial charge in [-0.05, 0) is 111 Å². The van der Waals surface area contributed by atoms with E-state index >= 15 is 0 Å². The van der Waals surface area contributed by atoms with Crippen molar-refractivity contribution in [1.82, 2.24) is 24.5 Å². The van der Waals surface area contributed by atoms with Gasteiger partial charge in [-0.3, -0.25) is 0 Å². The van der Waals surface area contributed by atoms with Gasteiger partial charge in [0.1, 0.15) is 0 Å². The smallest absolute Gasteiger partial charge is 0.0162 e. The van der Waals surface area contributed by atoms with Crippen LogP contribution in [0.1, 0.15) is 52.9 Å². The van der Waals surface area contributed by atoms with Crippen LogP contribution < -0.4 is 0 Å². The molecule has 194 valence electrons. The fraction of sp³-hybridized carbons (Fsp3) is 0.929. The largest absolute Gasteiger partial charge is 0.306 e. The molecule has 3 saturated heterocycles. The van der Waals surface area contributed by atoms with Gasteiger partial charge < -0.3 is 24.5 Å². The molecule has 1 aliphatic carbocycles. The maximum atomic E-state index is 2.46. The van der Waals surface area contributed by atoms with Crippen LogP contribution >= 0.6 is 0 Å². The molecule has 5 aliphatic rings. The molecule has 0 amide bonds. The Morgan fingerprint density at radius 1 is 0.727 bits per heavy atom. The fourth-order valence-electron chi connectivity index (χ4n) is 4.93. The van der Waals surface area contributed by atoms with Gasteiger partial charge in [-0.25, -0.2) is 0 Å². The molecule has 2 atom stereocenters. The van der Waals surface area contributed by atoms with Gasteiger partial charge in [0.25, 0.3) is 0 Å². The Kier molecular flexibility index (Phi) is 12.4. The summed E-state index contributed by atoms with van der Waals surface area (Å²) in [5.41, 5.74) is 2.33. The number of piperidine rings is 2. The van der Waals surface area contributed by atoms with E-state index in [1.54, 1.807) is 5.57 Å². The number of likely N-dealkylation sites (tertiary alicyclic amines) is 2. The lowest BCUT2D eigenvalue weighted by atomic mass is 9.98. The summed E-state index contributed by atoms with van der Waals surface area (Å²) in [7, 11) is 10.9. The van der Waals surface area contributed by atoms with Crippen molar-refractivity contribution >= 4 is 0 Å². The second-order valence-electron chi connectivity index (χ2n) is 12.2. The van der Waals surface area contributed by atoms with Crippen LogP contribution in [0.2, 0.25) is 0 Å². The molecule has 0 radical (unpaired) electrons. The van der Waals surface area contributed by atoms with E-state index in [1.165, 1.54) is 91.0 Å². The van der Waals surface area contributed by atoms with Crippen molar-refractivity contribution in [1.29, 1.82) is 0 Å². The van der Waals surface area contributed by atoms with Gasteiger partial charge in [0.15, 0.2) is 0 Å². The van der Waals surface area contributed by atoms with E-state index in [9.17, 15) is 0 Å². The van der Waals surface area contributed by atoms with E-state index in [1.807, 2.05) is 0 Å². The highest BCUT2D eigenvalue weighted by Gasteiger charge is 2.51. The Balaban J connectivity index is 0.000000156. The molecule has 1 unspecified atom stereocenters. The molecule has 33 heavy (non-hydrogen) atoms. The number of hydrogen-bond acceptors (Lipinski definition) is 5. The summed E-state index contributed by atoms with van der Waals surface area (Å²) in [5.74, 6) is 2.03. The number of rotatable bonds is 0. The molecular formula is C28H57N5. The standard InChI is InChI=1S/C8H15N.C7H15N.C7H13N.C6H14N2/c1-8-3-4-9(2)6-7(8)5-8;3*1-7-3-5-8(2)6-4-7/h7H,3-6H2,1-2H3;7H,3-6H2,1-2H3;3H,4-6H2,1-2H3;3-6H2,1-2H3/t7?,8-;;;/m0.../s1. The van der Waals surface area contributed by atoms with Gasteiger partial charge in [-0.1, -0.05) is 25.5 Å². The molecule has 0 N–H and O–H groups in total. The normalized spacial score (nSPS) is 32.1. The summed E-state index contributed by atoms with van der Waals surface area (Å²) < 4.78 is 0. The third-order valence-corrected chi connectivity index (χ3v) is 8.51. The first-order valence-corrected chi connectivity index (χ1v) is 13.7. The van der Waals surface area contributed by atoms with Crippen molar-refractivity contribution < 1.29 is 0 Å². The molecule has 5 rings (SSSR count). The zero-order valence-corrected chi connectivity index (χ0v) is 23.6. The zero-order valence-electron chi connectivity index (χ0n) is 23.6. The molecule has 4 fully saturated rings. The first kappa shape index (κ1) is 28.8. The van der Waals surface area contributed by atoms with Crippen LogP contribution in [0, 0.1) is 17.3 Å². The molecule has 4 heterocycles. The van der Waals surface area contributed by atoms with Crippen LogP contribution in [-0.4, -0.2) is 125 Å².